The van der Waals surface area contributed by atoms with Crippen LogP contribution in [0.2, 0.25) is 5.02 Å². The van der Waals surface area contributed by atoms with E-state index in [2.05, 4.69) is 22.3 Å². The second-order valence-corrected chi connectivity index (χ2v) is 7.52. The van der Waals surface area contributed by atoms with Crippen molar-refractivity contribution in [2.45, 2.75) is 20.3 Å². The molecule has 31 heavy (non-hydrogen) atoms. The lowest BCUT2D eigenvalue weighted by Gasteiger charge is -2.07. The van der Waals surface area contributed by atoms with Gasteiger partial charge in [-0.15, -0.1) is 5.10 Å². The van der Waals surface area contributed by atoms with E-state index >= 15 is 0 Å². The Kier molecular flexibility index (Phi) is 5.82. The van der Waals surface area contributed by atoms with Crippen molar-refractivity contribution in [3.8, 4) is 17.1 Å². The zero-order valence-corrected chi connectivity index (χ0v) is 17.8. The van der Waals surface area contributed by atoms with Gasteiger partial charge in [-0.3, -0.25) is 4.79 Å². The molecule has 1 N–H and O–H groups in total. The van der Waals surface area contributed by atoms with Crippen molar-refractivity contribution in [3.05, 3.63) is 94.5 Å². The maximum absolute atomic E-state index is 13.4. The molecule has 1 heterocycles. The molecule has 1 aromatic heterocycles. The molecule has 7 heteroatoms. The second-order valence-electron chi connectivity index (χ2n) is 7.12. The number of benzene rings is 3. The van der Waals surface area contributed by atoms with E-state index in [1.54, 1.807) is 18.2 Å². The molecule has 5 nitrogen and oxygen atoms in total. The van der Waals surface area contributed by atoms with Crippen molar-refractivity contribution in [1.82, 2.24) is 14.8 Å². The minimum absolute atomic E-state index is 0.00408. The number of amides is 1. The Labute approximate surface area is 184 Å². The average Bonchev–Trinajstić information content (AvgIpc) is 3.22. The highest BCUT2D eigenvalue weighted by molar-refractivity contribution is 6.31. The molecule has 156 valence electrons. The van der Waals surface area contributed by atoms with Crippen molar-refractivity contribution in [2.24, 2.45) is 0 Å². The van der Waals surface area contributed by atoms with Crippen LogP contribution >= 0.6 is 11.6 Å². The molecule has 0 atom stereocenters. The topological polar surface area (TPSA) is 59.8 Å². The molecule has 3 aromatic carbocycles. The lowest BCUT2D eigenvalue weighted by atomic mass is 10.1. The molecule has 0 fully saturated rings. The molecule has 0 aliphatic carbocycles. The maximum Gasteiger partial charge on any atom is 0.295 e. The van der Waals surface area contributed by atoms with Crippen LogP contribution in [-0.2, 0) is 6.42 Å². The minimum Gasteiger partial charge on any atom is -0.319 e. The summed E-state index contributed by atoms with van der Waals surface area (Å²) < 4.78 is 15.0. The van der Waals surface area contributed by atoms with Crippen LogP contribution in [0.15, 0.2) is 66.7 Å². The number of nitrogens with zero attached hydrogens (tertiary/aromatic N) is 3. The zero-order chi connectivity index (χ0) is 22.0. The first-order chi connectivity index (χ1) is 14.9. The van der Waals surface area contributed by atoms with Crippen molar-refractivity contribution in [3.63, 3.8) is 0 Å². The SMILES string of the molecule is CCc1ccc(NC(=O)c2nc(-c3ccc(F)cc3)n(-c3ccc(C)c(Cl)c3)n2)cc1. The van der Waals surface area contributed by atoms with E-state index in [1.165, 1.54) is 22.4 Å². The molecular weight excluding hydrogens is 415 g/mol. The Bertz CT molecular complexity index is 1230. The van der Waals surface area contributed by atoms with E-state index < -0.39 is 5.91 Å². The van der Waals surface area contributed by atoms with Crippen LogP contribution in [0, 0.1) is 12.7 Å². The standard InChI is InChI=1S/C24H20ClFN4O/c1-3-16-5-11-19(12-6-16)27-24(31)22-28-23(17-7-9-18(26)10-8-17)30(29-22)20-13-4-15(2)21(25)14-20/h4-14H,3H2,1-2H3,(H,27,31). The highest BCUT2D eigenvalue weighted by atomic mass is 35.5. The summed E-state index contributed by atoms with van der Waals surface area (Å²) >= 11 is 6.29. The molecule has 0 aliphatic rings. The molecule has 1 amide bonds. The van der Waals surface area contributed by atoms with Crippen molar-refractivity contribution in [1.29, 1.82) is 0 Å². The number of halogens is 2. The molecule has 0 unspecified atom stereocenters. The number of nitrogens with one attached hydrogen (secondary N) is 1. The summed E-state index contributed by atoms with van der Waals surface area (Å²) in [7, 11) is 0. The lowest BCUT2D eigenvalue weighted by Crippen LogP contribution is -2.14. The number of hydrogen-bond acceptors (Lipinski definition) is 3. The van der Waals surface area contributed by atoms with E-state index in [4.69, 9.17) is 11.6 Å². The molecule has 0 spiro atoms. The summed E-state index contributed by atoms with van der Waals surface area (Å²) in [5.41, 5.74) is 4.02. The second kappa shape index (κ2) is 8.70. The van der Waals surface area contributed by atoms with Crippen LogP contribution in [0.1, 0.15) is 28.7 Å². The maximum atomic E-state index is 13.4. The van der Waals surface area contributed by atoms with Gasteiger partial charge in [0.2, 0.25) is 5.82 Å². The van der Waals surface area contributed by atoms with Crippen molar-refractivity contribution >= 4 is 23.2 Å². The van der Waals surface area contributed by atoms with E-state index in [0.717, 1.165) is 12.0 Å². The van der Waals surface area contributed by atoms with Gasteiger partial charge in [0.15, 0.2) is 5.82 Å². The van der Waals surface area contributed by atoms with Crippen molar-refractivity contribution < 1.29 is 9.18 Å². The smallest absolute Gasteiger partial charge is 0.295 e. The van der Waals surface area contributed by atoms with Gasteiger partial charge in [0.1, 0.15) is 5.82 Å². The van der Waals surface area contributed by atoms with E-state index in [1.807, 2.05) is 43.3 Å². The largest absolute Gasteiger partial charge is 0.319 e. The van der Waals surface area contributed by atoms with Crippen LogP contribution in [0.3, 0.4) is 0 Å². The van der Waals surface area contributed by atoms with Gasteiger partial charge in [0.25, 0.3) is 5.91 Å². The Balaban J connectivity index is 1.73. The van der Waals surface area contributed by atoms with E-state index in [9.17, 15) is 9.18 Å². The molecule has 0 saturated carbocycles. The molecule has 0 saturated heterocycles. The van der Waals surface area contributed by atoms with Gasteiger partial charge in [-0.05, 0) is 73.0 Å². The first kappa shape index (κ1) is 20.8. The Morgan fingerprint density at radius 3 is 2.42 bits per heavy atom. The highest BCUT2D eigenvalue weighted by Gasteiger charge is 2.19. The Hall–Kier alpha value is -3.51. The normalized spacial score (nSPS) is 10.8. The summed E-state index contributed by atoms with van der Waals surface area (Å²) in [6.45, 7) is 3.97. The average molecular weight is 435 g/mol. The van der Waals surface area contributed by atoms with Crippen LogP contribution in [0.4, 0.5) is 10.1 Å². The monoisotopic (exact) mass is 434 g/mol. The van der Waals surface area contributed by atoms with Gasteiger partial charge >= 0.3 is 0 Å². The predicted octanol–water partition coefficient (Wildman–Crippen LogP) is 5.85. The lowest BCUT2D eigenvalue weighted by molar-refractivity contribution is 0.101. The third-order valence-corrected chi connectivity index (χ3v) is 5.34. The molecule has 0 radical (unpaired) electrons. The Morgan fingerprint density at radius 1 is 1.06 bits per heavy atom. The zero-order valence-electron chi connectivity index (χ0n) is 17.1. The van der Waals surface area contributed by atoms with Gasteiger partial charge in [0.05, 0.1) is 5.69 Å². The third-order valence-electron chi connectivity index (χ3n) is 4.93. The van der Waals surface area contributed by atoms with E-state index in [0.29, 0.717) is 27.8 Å². The van der Waals surface area contributed by atoms with Gasteiger partial charge in [-0.1, -0.05) is 36.7 Å². The predicted molar refractivity (Wildman–Crippen MR) is 120 cm³/mol. The fraction of sp³-hybridized carbons (Fsp3) is 0.125. The van der Waals surface area contributed by atoms with Gasteiger partial charge < -0.3 is 5.32 Å². The van der Waals surface area contributed by atoms with Crippen molar-refractivity contribution in [2.75, 3.05) is 5.32 Å². The summed E-state index contributed by atoms with van der Waals surface area (Å²) in [4.78, 5) is 17.3. The third kappa shape index (κ3) is 4.49. The molecule has 4 aromatic rings. The number of carbonyl (C=O) groups is 1. The number of aryl methyl sites for hydroxylation is 2. The van der Waals surface area contributed by atoms with Crippen LogP contribution in [0.5, 0.6) is 0 Å². The summed E-state index contributed by atoms with van der Waals surface area (Å²) in [5, 5.41) is 7.81. The number of anilines is 1. The molecule has 0 bridgehead atoms. The summed E-state index contributed by atoms with van der Waals surface area (Å²) in [5.74, 6) is -0.395. The van der Waals surface area contributed by atoms with Gasteiger partial charge in [-0.25, -0.2) is 14.1 Å². The fourth-order valence-electron chi connectivity index (χ4n) is 3.10. The van der Waals surface area contributed by atoms with E-state index in [-0.39, 0.29) is 11.6 Å². The minimum atomic E-state index is -0.440. The van der Waals surface area contributed by atoms with Gasteiger partial charge in [0, 0.05) is 16.3 Å². The van der Waals surface area contributed by atoms with Gasteiger partial charge in [-0.2, -0.15) is 0 Å². The van der Waals surface area contributed by atoms with Crippen LogP contribution < -0.4 is 5.32 Å². The first-order valence-corrected chi connectivity index (χ1v) is 10.2. The first-order valence-electron chi connectivity index (χ1n) is 9.84. The highest BCUT2D eigenvalue weighted by Crippen LogP contribution is 2.25. The number of rotatable bonds is 5. The van der Waals surface area contributed by atoms with Crippen LogP contribution in [-0.4, -0.2) is 20.7 Å². The summed E-state index contributed by atoms with van der Waals surface area (Å²) in [6, 6.07) is 18.9. The molecular formula is C24H20ClFN4O. The fourth-order valence-corrected chi connectivity index (χ4v) is 3.27. The molecule has 4 rings (SSSR count). The Morgan fingerprint density at radius 2 is 1.77 bits per heavy atom. The number of aromatic nitrogens is 3. The quantitative estimate of drug-likeness (QED) is 0.428. The van der Waals surface area contributed by atoms with Crippen LogP contribution in [0.25, 0.3) is 17.1 Å². The number of carbonyl (C=O) groups excluding carboxylic acids is 1. The number of hydrogen-bond donors (Lipinski definition) is 1. The summed E-state index contributed by atoms with van der Waals surface area (Å²) in [6.07, 6.45) is 0.917. The molecule has 0 aliphatic heterocycles.